The topological polar surface area (TPSA) is 38.8 Å². The average Bonchev–Trinajstić information content (AvgIpc) is 3.20. The first kappa shape index (κ1) is 14.9. The van der Waals surface area contributed by atoms with Crippen LogP contribution in [0.25, 0.3) is 0 Å². The van der Waals surface area contributed by atoms with Gasteiger partial charge >= 0.3 is 0 Å². The number of epoxide rings is 1. The molecule has 23 heavy (non-hydrogen) atoms. The molecule has 0 unspecified atom stereocenters. The minimum absolute atomic E-state index is 0.113. The van der Waals surface area contributed by atoms with Crippen molar-refractivity contribution in [1.82, 2.24) is 0 Å². The summed E-state index contributed by atoms with van der Waals surface area (Å²) in [6.07, 6.45) is 9.33. The lowest BCUT2D eigenvalue weighted by Crippen LogP contribution is -2.59. The third-order valence-corrected chi connectivity index (χ3v) is 8.83. The Morgan fingerprint density at radius 3 is 2.74 bits per heavy atom. The minimum Gasteiger partial charge on any atom is -0.381 e. The van der Waals surface area contributed by atoms with Gasteiger partial charge in [0, 0.05) is 18.9 Å². The van der Waals surface area contributed by atoms with Crippen LogP contribution in [0.15, 0.2) is 0 Å². The first-order chi connectivity index (χ1) is 11.0. The molecule has 9 atom stereocenters. The smallest absolute Gasteiger partial charge is 0.139 e. The van der Waals surface area contributed by atoms with E-state index >= 15 is 0 Å². The fraction of sp³-hybridized carbons (Fsp3) is 0.950. The Labute approximate surface area is 139 Å². The first-order valence-corrected chi connectivity index (χ1v) is 9.69. The Morgan fingerprint density at radius 2 is 1.96 bits per heavy atom. The van der Waals surface area contributed by atoms with E-state index in [1.807, 2.05) is 7.11 Å². The Morgan fingerprint density at radius 1 is 1.13 bits per heavy atom. The SMILES string of the molecule is CO[C@H]1C[C@]2(C)C(=O)CC[C@H]2[C@@H]2CC[C@H]3C[C@@H]4O[C@@H]4C[C@]3(C)[C@H]21. The van der Waals surface area contributed by atoms with E-state index in [4.69, 9.17) is 9.47 Å². The Hall–Kier alpha value is -0.410. The molecule has 3 nitrogen and oxygen atoms in total. The molecule has 0 bridgehead atoms. The van der Waals surface area contributed by atoms with E-state index in [1.165, 1.54) is 25.7 Å². The van der Waals surface area contributed by atoms with Crippen LogP contribution >= 0.6 is 0 Å². The van der Waals surface area contributed by atoms with Crippen LogP contribution in [0, 0.1) is 34.5 Å². The lowest BCUT2D eigenvalue weighted by Gasteiger charge is -2.61. The second kappa shape index (κ2) is 4.60. The van der Waals surface area contributed by atoms with Crippen molar-refractivity contribution in [1.29, 1.82) is 0 Å². The highest BCUT2D eigenvalue weighted by molar-refractivity contribution is 5.87. The summed E-state index contributed by atoms with van der Waals surface area (Å²) >= 11 is 0. The fourth-order valence-electron chi connectivity index (χ4n) is 7.61. The maximum Gasteiger partial charge on any atom is 0.139 e. The van der Waals surface area contributed by atoms with E-state index in [0.29, 0.717) is 41.2 Å². The normalized spacial score (nSPS) is 60.5. The molecule has 0 spiro atoms. The van der Waals surface area contributed by atoms with Gasteiger partial charge in [0.2, 0.25) is 0 Å². The molecule has 0 aromatic heterocycles. The first-order valence-electron chi connectivity index (χ1n) is 9.69. The molecule has 5 fully saturated rings. The molecule has 0 amide bonds. The number of hydrogen-bond donors (Lipinski definition) is 0. The molecule has 0 radical (unpaired) electrons. The summed E-state index contributed by atoms with van der Waals surface area (Å²) in [5.41, 5.74) is 0.243. The van der Waals surface area contributed by atoms with Crippen LogP contribution in [-0.4, -0.2) is 31.2 Å². The van der Waals surface area contributed by atoms with Gasteiger partial charge in [0.1, 0.15) is 5.78 Å². The molecule has 4 aliphatic carbocycles. The van der Waals surface area contributed by atoms with Crippen LogP contribution in [0.1, 0.15) is 58.8 Å². The molecule has 5 rings (SSSR count). The van der Waals surface area contributed by atoms with Crippen molar-refractivity contribution in [2.45, 2.75) is 77.1 Å². The van der Waals surface area contributed by atoms with Crippen molar-refractivity contribution in [3.05, 3.63) is 0 Å². The monoisotopic (exact) mass is 318 g/mol. The lowest BCUT2D eigenvalue weighted by atomic mass is 9.44. The van der Waals surface area contributed by atoms with Crippen molar-refractivity contribution < 1.29 is 14.3 Å². The second-order valence-corrected chi connectivity index (χ2v) is 9.59. The molecule has 1 heterocycles. The van der Waals surface area contributed by atoms with Crippen LogP contribution in [0.2, 0.25) is 0 Å². The van der Waals surface area contributed by atoms with Crippen LogP contribution in [0.5, 0.6) is 0 Å². The van der Waals surface area contributed by atoms with Gasteiger partial charge in [-0.3, -0.25) is 4.79 Å². The zero-order chi connectivity index (χ0) is 16.0. The summed E-state index contributed by atoms with van der Waals surface area (Å²) in [6.45, 7) is 4.77. The van der Waals surface area contributed by atoms with Gasteiger partial charge in [-0.05, 0) is 67.6 Å². The summed E-state index contributed by atoms with van der Waals surface area (Å²) in [7, 11) is 1.87. The number of carbonyl (C=O) groups is 1. The van der Waals surface area contributed by atoms with Gasteiger partial charge in [-0.25, -0.2) is 0 Å². The molecular weight excluding hydrogens is 288 g/mol. The number of ether oxygens (including phenoxy) is 2. The third kappa shape index (κ3) is 1.81. The Balaban J connectivity index is 1.54. The van der Waals surface area contributed by atoms with Crippen LogP contribution in [0.3, 0.4) is 0 Å². The maximum atomic E-state index is 12.6. The van der Waals surface area contributed by atoms with Crippen LogP contribution in [-0.2, 0) is 14.3 Å². The quantitative estimate of drug-likeness (QED) is 0.693. The number of fused-ring (bicyclic) bond motifs is 6. The molecule has 1 aliphatic heterocycles. The average molecular weight is 318 g/mol. The largest absolute Gasteiger partial charge is 0.381 e. The molecule has 1 saturated heterocycles. The standard InChI is InChI=1S/C20H30O3/c1-19-9-15-14(23-15)8-11(19)4-5-12-13-6-7-17(21)20(13,2)10-16(22-3)18(12)19/h11-16,18H,4-10H2,1-3H3/t11-,12-,13-,14-,15+,16-,18+,19-,20-/m0/s1. The zero-order valence-electron chi connectivity index (χ0n) is 14.7. The third-order valence-electron chi connectivity index (χ3n) is 8.83. The van der Waals surface area contributed by atoms with Gasteiger partial charge < -0.3 is 9.47 Å². The molecule has 0 aromatic rings. The predicted octanol–water partition coefficient (Wildman–Crippen LogP) is 3.60. The lowest BCUT2D eigenvalue weighted by molar-refractivity contribution is -0.173. The predicted molar refractivity (Wildman–Crippen MR) is 87.0 cm³/mol. The highest BCUT2D eigenvalue weighted by atomic mass is 16.6. The highest BCUT2D eigenvalue weighted by Gasteiger charge is 2.66. The van der Waals surface area contributed by atoms with E-state index in [9.17, 15) is 4.79 Å². The highest BCUT2D eigenvalue weighted by Crippen LogP contribution is 2.67. The van der Waals surface area contributed by atoms with Gasteiger partial charge in [0.15, 0.2) is 0 Å². The molecular formula is C20H30O3. The van der Waals surface area contributed by atoms with Gasteiger partial charge in [-0.2, -0.15) is 0 Å². The van der Waals surface area contributed by atoms with E-state index in [0.717, 1.165) is 25.2 Å². The second-order valence-electron chi connectivity index (χ2n) is 9.59. The van der Waals surface area contributed by atoms with Crippen molar-refractivity contribution in [3.8, 4) is 0 Å². The summed E-state index contributed by atoms with van der Waals surface area (Å²) in [5.74, 6) is 3.21. The maximum absolute atomic E-state index is 12.6. The van der Waals surface area contributed by atoms with Crippen molar-refractivity contribution in [2.24, 2.45) is 34.5 Å². The molecule has 0 N–H and O–H groups in total. The Kier molecular flexibility index (Phi) is 2.98. The summed E-state index contributed by atoms with van der Waals surface area (Å²) in [6, 6.07) is 0. The summed E-state index contributed by atoms with van der Waals surface area (Å²) in [5, 5.41) is 0. The number of Topliss-reactive ketones (excluding diaryl/α,β-unsaturated/α-hetero) is 1. The molecule has 5 aliphatic rings. The summed E-state index contributed by atoms with van der Waals surface area (Å²) < 4.78 is 12.0. The van der Waals surface area contributed by atoms with E-state index < -0.39 is 0 Å². The van der Waals surface area contributed by atoms with Crippen molar-refractivity contribution >= 4 is 5.78 Å². The van der Waals surface area contributed by atoms with E-state index in [-0.39, 0.29) is 11.5 Å². The van der Waals surface area contributed by atoms with E-state index in [2.05, 4.69) is 13.8 Å². The van der Waals surface area contributed by atoms with Crippen LogP contribution < -0.4 is 0 Å². The van der Waals surface area contributed by atoms with E-state index in [1.54, 1.807) is 0 Å². The van der Waals surface area contributed by atoms with Crippen molar-refractivity contribution in [2.75, 3.05) is 7.11 Å². The molecule has 4 saturated carbocycles. The summed E-state index contributed by atoms with van der Waals surface area (Å²) in [4.78, 5) is 12.6. The van der Waals surface area contributed by atoms with Gasteiger partial charge in [-0.1, -0.05) is 13.8 Å². The number of methoxy groups -OCH3 is 1. The van der Waals surface area contributed by atoms with Gasteiger partial charge in [-0.15, -0.1) is 0 Å². The fourth-order valence-corrected chi connectivity index (χ4v) is 7.61. The van der Waals surface area contributed by atoms with Gasteiger partial charge in [0.05, 0.1) is 18.3 Å². The zero-order valence-corrected chi connectivity index (χ0v) is 14.7. The number of carbonyl (C=O) groups excluding carboxylic acids is 1. The number of rotatable bonds is 1. The van der Waals surface area contributed by atoms with Crippen molar-refractivity contribution in [3.63, 3.8) is 0 Å². The Bertz CT molecular complexity index is 545. The molecule has 3 heteroatoms. The number of hydrogen-bond acceptors (Lipinski definition) is 3. The van der Waals surface area contributed by atoms with Gasteiger partial charge in [0.25, 0.3) is 0 Å². The molecule has 128 valence electrons. The van der Waals surface area contributed by atoms with Crippen LogP contribution in [0.4, 0.5) is 0 Å². The minimum atomic E-state index is -0.113. The number of ketones is 1. The molecule has 0 aromatic carbocycles.